The number of ether oxygens (including phenoxy) is 1. The first kappa shape index (κ1) is 32.0. The number of aliphatic imine (C=N–C) groups is 1. The summed E-state index contributed by atoms with van der Waals surface area (Å²) in [5.74, 6) is 0.934. The largest absolute Gasteiger partial charge is 0.573 e. The number of halogens is 4. The van der Waals surface area contributed by atoms with Crippen LogP contribution >= 0.6 is 11.8 Å². The minimum atomic E-state index is -4.75. The number of amidine groups is 1. The molecular formula is C32H32F4N6O2S. The molecule has 0 saturated carbocycles. The number of aromatic nitrogens is 3. The Morgan fingerprint density at radius 1 is 1.07 bits per heavy atom. The molecule has 13 heteroatoms. The summed E-state index contributed by atoms with van der Waals surface area (Å²) in [6.07, 6.45) is -2.57. The quantitative estimate of drug-likeness (QED) is 0.187. The summed E-state index contributed by atoms with van der Waals surface area (Å²) in [6.45, 7) is 7.23. The van der Waals surface area contributed by atoms with Gasteiger partial charge in [0.15, 0.2) is 11.0 Å². The fourth-order valence-electron chi connectivity index (χ4n) is 4.92. The van der Waals surface area contributed by atoms with Gasteiger partial charge in [-0.3, -0.25) is 0 Å². The lowest BCUT2D eigenvalue weighted by Crippen LogP contribution is -2.29. The van der Waals surface area contributed by atoms with Crippen molar-refractivity contribution in [3.63, 3.8) is 0 Å². The van der Waals surface area contributed by atoms with E-state index >= 15 is 0 Å². The first-order chi connectivity index (χ1) is 21.5. The molecule has 1 aromatic heterocycles. The van der Waals surface area contributed by atoms with Gasteiger partial charge >= 0.3 is 12.4 Å². The third-order valence-electron chi connectivity index (χ3n) is 7.29. The van der Waals surface area contributed by atoms with Crippen LogP contribution in [0.5, 0.6) is 5.75 Å². The van der Waals surface area contributed by atoms with Crippen LogP contribution in [0.1, 0.15) is 50.2 Å². The Morgan fingerprint density at radius 3 is 2.49 bits per heavy atom. The molecule has 0 radical (unpaired) electrons. The van der Waals surface area contributed by atoms with Crippen molar-refractivity contribution in [1.82, 2.24) is 20.1 Å². The van der Waals surface area contributed by atoms with E-state index in [4.69, 9.17) is 0 Å². The first-order valence-corrected chi connectivity index (χ1v) is 15.4. The molecule has 2 heterocycles. The number of urea groups is 1. The average Bonchev–Trinajstić information content (AvgIpc) is 3.67. The van der Waals surface area contributed by atoms with Gasteiger partial charge < -0.3 is 15.0 Å². The molecule has 236 valence electrons. The molecule has 5 rings (SSSR count). The molecule has 1 aliphatic heterocycles. The summed E-state index contributed by atoms with van der Waals surface area (Å²) in [4.78, 5) is 23.3. The second-order valence-electron chi connectivity index (χ2n) is 10.9. The maximum atomic E-state index is 13.9. The molecule has 1 N–H and O–H groups in total. The Kier molecular flexibility index (Phi) is 9.76. The number of amides is 2. The van der Waals surface area contributed by atoms with Gasteiger partial charge in [0, 0.05) is 30.1 Å². The van der Waals surface area contributed by atoms with Crippen molar-refractivity contribution in [2.75, 3.05) is 23.7 Å². The third-order valence-corrected chi connectivity index (χ3v) is 8.25. The Morgan fingerprint density at radius 2 is 1.80 bits per heavy atom. The van der Waals surface area contributed by atoms with Gasteiger partial charge in [-0.1, -0.05) is 56.8 Å². The van der Waals surface area contributed by atoms with Crippen molar-refractivity contribution in [3.05, 3.63) is 90.0 Å². The van der Waals surface area contributed by atoms with Crippen LogP contribution in [0.4, 0.5) is 28.0 Å². The van der Waals surface area contributed by atoms with Crippen molar-refractivity contribution in [3.8, 4) is 22.8 Å². The van der Waals surface area contributed by atoms with E-state index in [0.29, 0.717) is 36.2 Å². The standard InChI is InChI=1S/C32H32F4N6O2S/c1-20(2)27-18-24(33)8-13-28(27)41-16-17-45-31(41)39-30(43)37-15-14-21(3)22-4-6-23(7-5-22)29-38-19-42(40-29)25-9-11-26(12-10-25)44-32(34,35)36/h4-13,18-21H,14-17H2,1-3H3,(H,37,43). The maximum Gasteiger partial charge on any atom is 0.573 e. The van der Waals surface area contributed by atoms with Crippen molar-refractivity contribution in [1.29, 1.82) is 0 Å². The number of anilines is 1. The highest BCUT2D eigenvalue weighted by molar-refractivity contribution is 8.14. The van der Waals surface area contributed by atoms with Crippen molar-refractivity contribution in [2.24, 2.45) is 4.99 Å². The van der Waals surface area contributed by atoms with Gasteiger partial charge in [-0.2, -0.15) is 4.99 Å². The Labute approximate surface area is 262 Å². The molecule has 1 aliphatic rings. The Hall–Kier alpha value is -4.39. The first-order valence-electron chi connectivity index (χ1n) is 14.4. The molecule has 1 saturated heterocycles. The normalized spacial score (nSPS) is 15.1. The molecule has 0 spiro atoms. The van der Waals surface area contributed by atoms with E-state index in [0.717, 1.165) is 28.1 Å². The number of carbonyl (C=O) groups is 1. The lowest BCUT2D eigenvalue weighted by molar-refractivity contribution is -0.274. The van der Waals surface area contributed by atoms with Crippen LogP contribution in [0, 0.1) is 5.82 Å². The van der Waals surface area contributed by atoms with Crippen LogP contribution in [0.2, 0.25) is 0 Å². The monoisotopic (exact) mass is 640 g/mol. The lowest BCUT2D eigenvalue weighted by atomic mass is 9.96. The third kappa shape index (κ3) is 8.21. The molecule has 45 heavy (non-hydrogen) atoms. The summed E-state index contributed by atoms with van der Waals surface area (Å²) >= 11 is 1.50. The van der Waals surface area contributed by atoms with Crippen LogP contribution in [0.15, 0.2) is 78.0 Å². The van der Waals surface area contributed by atoms with Crippen molar-refractivity contribution in [2.45, 2.75) is 45.4 Å². The van der Waals surface area contributed by atoms with E-state index in [1.807, 2.05) is 43.0 Å². The van der Waals surface area contributed by atoms with Crippen LogP contribution in [0.25, 0.3) is 17.1 Å². The van der Waals surface area contributed by atoms with Gasteiger partial charge in [-0.05, 0) is 71.8 Å². The number of nitrogens with zero attached hydrogens (tertiary/aromatic N) is 5. The molecule has 1 unspecified atom stereocenters. The molecule has 8 nitrogen and oxygen atoms in total. The number of nitrogens with one attached hydrogen (secondary N) is 1. The summed E-state index contributed by atoms with van der Waals surface area (Å²) < 4.78 is 56.5. The van der Waals surface area contributed by atoms with E-state index in [1.165, 1.54) is 53.1 Å². The average molecular weight is 641 g/mol. The lowest BCUT2D eigenvalue weighted by Gasteiger charge is -2.23. The van der Waals surface area contributed by atoms with Gasteiger partial charge in [0.25, 0.3) is 0 Å². The van der Waals surface area contributed by atoms with E-state index in [-0.39, 0.29) is 23.4 Å². The van der Waals surface area contributed by atoms with Crippen LogP contribution in [0.3, 0.4) is 0 Å². The fourth-order valence-corrected chi connectivity index (χ4v) is 5.87. The maximum absolute atomic E-state index is 13.9. The van der Waals surface area contributed by atoms with Gasteiger partial charge in [-0.15, -0.1) is 18.3 Å². The number of rotatable bonds is 9. The molecule has 1 fully saturated rings. The molecule has 0 aliphatic carbocycles. The van der Waals surface area contributed by atoms with Crippen LogP contribution < -0.4 is 15.0 Å². The minimum Gasteiger partial charge on any atom is -0.406 e. The number of hydrogen-bond acceptors (Lipinski definition) is 5. The summed E-state index contributed by atoms with van der Waals surface area (Å²) in [5, 5.41) is 7.93. The fraction of sp³-hybridized carbons (Fsp3) is 0.312. The molecule has 1 atom stereocenters. The smallest absolute Gasteiger partial charge is 0.406 e. The van der Waals surface area contributed by atoms with Crippen molar-refractivity contribution >= 4 is 28.6 Å². The Bertz CT molecular complexity index is 1660. The van der Waals surface area contributed by atoms with Gasteiger partial charge in [-0.25, -0.2) is 18.9 Å². The topological polar surface area (TPSA) is 84.6 Å². The van der Waals surface area contributed by atoms with E-state index < -0.39 is 12.4 Å². The van der Waals surface area contributed by atoms with E-state index in [9.17, 15) is 22.4 Å². The zero-order chi connectivity index (χ0) is 32.1. The molecule has 2 amide bonds. The van der Waals surface area contributed by atoms with E-state index in [1.54, 1.807) is 12.1 Å². The van der Waals surface area contributed by atoms with Crippen LogP contribution in [-0.2, 0) is 0 Å². The second-order valence-corrected chi connectivity index (χ2v) is 11.9. The predicted octanol–water partition coefficient (Wildman–Crippen LogP) is 7.91. The zero-order valence-corrected chi connectivity index (χ0v) is 25.7. The summed E-state index contributed by atoms with van der Waals surface area (Å²) in [6, 6.07) is 17.4. The summed E-state index contributed by atoms with van der Waals surface area (Å²) in [5.41, 5.74) is 4.15. The number of benzene rings is 3. The molecule has 0 bridgehead atoms. The van der Waals surface area contributed by atoms with Crippen LogP contribution in [-0.4, -0.2) is 51.2 Å². The molecule has 4 aromatic rings. The number of thioether (sulfide) groups is 1. The Balaban J connectivity index is 1.14. The molecule has 3 aromatic carbocycles. The minimum absolute atomic E-state index is 0.122. The SMILES string of the molecule is CC(C)c1cc(F)ccc1N1CCSC1=NC(=O)NCCC(C)c1ccc(-c2ncn(-c3ccc(OC(F)(F)F)cc3)n2)cc1. The van der Waals surface area contributed by atoms with Crippen molar-refractivity contribution < 1.29 is 27.1 Å². The number of alkyl halides is 3. The van der Waals surface area contributed by atoms with Gasteiger partial charge in [0.05, 0.1) is 5.69 Å². The summed E-state index contributed by atoms with van der Waals surface area (Å²) in [7, 11) is 0. The highest BCUT2D eigenvalue weighted by atomic mass is 32.2. The highest BCUT2D eigenvalue weighted by Gasteiger charge is 2.31. The highest BCUT2D eigenvalue weighted by Crippen LogP contribution is 2.33. The number of carbonyl (C=O) groups excluding carboxylic acids is 1. The van der Waals surface area contributed by atoms with Gasteiger partial charge in [0.1, 0.15) is 17.9 Å². The zero-order valence-electron chi connectivity index (χ0n) is 24.9. The van der Waals surface area contributed by atoms with E-state index in [2.05, 4.69) is 32.1 Å². The number of hydrogen-bond donors (Lipinski definition) is 1. The predicted molar refractivity (Wildman–Crippen MR) is 168 cm³/mol. The van der Waals surface area contributed by atoms with Gasteiger partial charge in [0.2, 0.25) is 0 Å². The second kappa shape index (κ2) is 13.7. The molecular weight excluding hydrogens is 608 g/mol.